The molecule has 3 aromatic carbocycles. The third-order valence-electron chi connectivity index (χ3n) is 11.9. The number of hydrogen-bond acceptors (Lipinski definition) is 7. The van der Waals surface area contributed by atoms with E-state index < -0.39 is 12.8 Å². The molecule has 4 heterocycles. The van der Waals surface area contributed by atoms with Gasteiger partial charge in [-0.15, -0.1) is 0 Å². The summed E-state index contributed by atoms with van der Waals surface area (Å²) in [5.41, 5.74) is 6.54. The molecular formula is C44H48F3N5O3. The summed E-state index contributed by atoms with van der Waals surface area (Å²) < 4.78 is 49.1. The minimum absolute atomic E-state index is 0.230. The summed E-state index contributed by atoms with van der Waals surface area (Å²) in [5.74, 6) is 1.76. The Bertz CT molecular complexity index is 2100. The third-order valence-corrected chi connectivity index (χ3v) is 11.9. The van der Waals surface area contributed by atoms with Gasteiger partial charge in [-0.3, -0.25) is 14.6 Å². The van der Waals surface area contributed by atoms with Crippen LogP contribution >= 0.6 is 0 Å². The first-order chi connectivity index (χ1) is 26.5. The topological polar surface area (TPSA) is 73.9 Å². The molecule has 1 aliphatic carbocycles. The van der Waals surface area contributed by atoms with Gasteiger partial charge in [-0.1, -0.05) is 50.2 Å². The van der Waals surface area contributed by atoms with Gasteiger partial charge >= 0.3 is 6.18 Å². The normalized spacial score (nSPS) is 19.5. The lowest BCUT2D eigenvalue weighted by Crippen LogP contribution is -2.60. The third kappa shape index (κ3) is 8.23. The van der Waals surface area contributed by atoms with Gasteiger partial charge in [0.1, 0.15) is 22.9 Å². The van der Waals surface area contributed by atoms with Crippen LogP contribution in [-0.2, 0) is 6.54 Å². The number of hydrogen-bond donors (Lipinski definition) is 1. The maximum Gasteiger partial charge on any atom is 0.422 e. The summed E-state index contributed by atoms with van der Waals surface area (Å²) in [7, 11) is 0. The van der Waals surface area contributed by atoms with Crippen LogP contribution in [0.25, 0.3) is 11.0 Å². The number of alkyl halides is 3. The molecule has 1 saturated carbocycles. The number of piperazine rings is 1. The molecule has 2 aliphatic heterocycles. The van der Waals surface area contributed by atoms with Crippen LogP contribution in [0.3, 0.4) is 0 Å². The average molecular weight is 752 g/mol. The monoisotopic (exact) mass is 751 g/mol. The van der Waals surface area contributed by atoms with Crippen molar-refractivity contribution in [2.24, 2.45) is 5.41 Å². The number of nitrogens with zero attached hydrogens (tertiary/aromatic N) is 4. The number of carbonyl (C=O) groups is 1. The summed E-state index contributed by atoms with van der Waals surface area (Å²) >= 11 is 0. The first kappa shape index (κ1) is 37.1. The van der Waals surface area contributed by atoms with Gasteiger partial charge in [0.25, 0.3) is 0 Å². The molecule has 1 unspecified atom stereocenters. The zero-order valence-electron chi connectivity index (χ0n) is 31.4. The lowest BCUT2D eigenvalue weighted by molar-refractivity contribution is -0.153. The van der Waals surface area contributed by atoms with E-state index in [0.29, 0.717) is 34.4 Å². The van der Waals surface area contributed by atoms with Crippen molar-refractivity contribution >= 4 is 23.0 Å². The van der Waals surface area contributed by atoms with Gasteiger partial charge in [0, 0.05) is 74.7 Å². The number of benzene rings is 3. The van der Waals surface area contributed by atoms with E-state index in [1.165, 1.54) is 24.0 Å². The zero-order chi connectivity index (χ0) is 38.2. The van der Waals surface area contributed by atoms with E-state index in [9.17, 15) is 18.0 Å². The van der Waals surface area contributed by atoms with Crippen molar-refractivity contribution in [2.75, 3.05) is 44.2 Å². The molecule has 288 valence electrons. The highest BCUT2D eigenvalue weighted by Crippen LogP contribution is 2.53. The number of piperidine rings is 1. The Hall–Kier alpha value is -4.87. The number of aldehydes is 1. The van der Waals surface area contributed by atoms with Crippen LogP contribution in [0.2, 0.25) is 0 Å². The van der Waals surface area contributed by atoms with Crippen LogP contribution in [0.5, 0.6) is 17.2 Å². The number of fused-ring (bicyclic) bond motifs is 1. The first-order valence-corrected chi connectivity index (χ1v) is 19.4. The molecule has 3 fully saturated rings. The van der Waals surface area contributed by atoms with Gasteiger partial charge in [-0.2, -0.15) is 13.2 Å². The van der Waals surface area contributed by atoms with Crippen LogP contribution in [-0.4, -0.2) is 77.6 Å². The van der Waals surface area contributed by atoms with E-state index in [4.69, 9.17) is 9.47 Å². The second-order valence-electron chi connectivity index (χ2n) is 15.9. The molecule has 0 bridgehead atoms. The standard InChI is InChI=1S/C44H48F3N5O3/c1-30(2)38-5-3-4-6-39(38)40-27-50(26-31-7-11-36(12-8-31)54-29-44(45,46)47)19-20-52(40)35-23-43(24-35)14-17-51(18-15-43)34-10-9-33(28-53)41(22-34)55-37-21-32-13-16-48-42(32)49-25-37/h3-13,16,21-22,25,28,30,35,40H,14-15,17-20,23-24,26-27,29H2,1-2H3,(H,48,49). The van der Waals surface area contributed by atoms with Crippen LogP contribution in [0, 0.1) is 5.41 Å². The molecule has 55 heavy (non-hydrogen) atoms. The highest BCUT2D eigenvalue weighted by atomic mass is 19.4. The van der Waals surface area contributed by atoms with Crippen molar-refractivity contribution in [3.8, 4) is 17.2 Å². The number of rotatable bonds is 11. The predicted octanol–water partition coefficient (Wildman–Crippen LogP) is 9.54. The summed E-state index contributed by atoms with van der Waals surface area (Å²) in [6.45, 7) is 8.67. The van der Waals surface area contributed by atoms with Gasteiger partial charge in [0.05, 0.1) is 11.8 Å². The van der Waals surface area contributed by atoms with Gasteiger partial charge in [0.2, 0.25) is 0 Å². The lowest BCUT2D eigenvalue weighted by Gasteiger charge is -2.58. The number of halogens is 3. The number of H-pyrrole nitrogens is 1. The summed E-state index contributed by atoms with van der Waals surface area (Å²) in [5, 5.41) is 0.948. The van der Waals surface area contributed by atoms with Crippen LogP contribution < -0.4 is 14.4 Å². The second-order valence-corrected chi connectivity index (χ2v) is 15.9. The maximum atomic E-state index is 12.6. The zero-order valence-corrected chi connectivity index (χ0v) is 31.4. The van der Waals surface area contributed by atoms with E-state index in [1.807, 2.05) is 48.7 Å². The minimum atomic E-state index is -4.36. The Morgan fingerprint density at radius 3 is 2.47 bits per heavy atom. The van der Waals surface area contributed by atoms with Crippen LogP contribution in [0.15, 0.2) is 91.3 Å². The molecule has 8 nitrogen and oxygen atoms in total. The fraction of sp³-hybridized carbons (Fsp3) is 0.409. The summed E-state index contributed by atoms with van der Waals surface area (Å²) in [4.78, 5) is 27.1. The number of aromatic amines is 1. The Morgan fingerprint density at radius 1 is 0.945 bits per heavy atom. The molecule has 5 aromatic rings. The van der Waals surface area contributed by atoms with E-state index in [1.54, 1.807) is 18.3 Å². The van der Waals surface area contributed by atoms with Crippen molar-refractivity contribution in [3.05, 3.63) is 114 Å². The molecule has 0 radical (unpaired) electrons. The predicted molar refractivity (Wildman–Crippen MR) is 208 cm³/mol. The van der Waals surface area contributed by atoms with E-state index >= 15 is 0 Å². The number of ether oxygens (including phenoxy) is 2. The van der Waals surface area contributed by atoms with E-state index in [0.717, 1.165) is 80.7 Å². The Kier molecular flexibility index (Phi) is 10.3. The largest absolute Gasteiger partial charge is 0.484 e. The Morgan fingerprint density at radius 2 is 1.73 bits per heavy atom. The number of anilines is 1. The minimum Gasteiger partial charge on any atom is -0.484 e. The smallest absolute Gasteiger partial charge is 0.422 e. The molecule has 0 amide bonds. The maximum absolute atomic E-state index is 12.6. The Balaban J connectivity index is 0.919. The molecule has 8 rings (SSSR count). The second kappa shape index (κ2) is 15.3. The first-order valence-electron chi connectivity index (χ1n) is 19.4. The van der Waals surface area contributed by atoms with Gasteiger partial charge in [-0.25, -0.2) is 4.98 Å². The van der Waals surface area contributed by atoms with E-state index in [-0.39, 0.29) is 11.8 Å². The van der Waals surface area contributed by atoms with Gasteiger partial charge in [0.15, 0.2) is 12.9 Å². The molecule has 11 heteroatoms. The van der Waals surface area contributed by atoms with Crippen molar-refractivity contribution in [2.45, 2.75) is 70.3 Å². The van der Waals surface area contributed by atoms with Crippen molar-refractivity contribution in [3.63, 3.8) is 0 Å². The molecule has 1 atom stereocenters. The van der Waals surface area contributed by atoms with Gasteiger partial charge in [-0.05, 0) is 90.1 Å². The molecule has 3 aliphatic rings. The number of carbonyl (C=O) groups excluding carboxylic acids is 1. The van der Waals surface area contributed by atoms with Crippen molar-refractivity contribution in [1.82, 2.24) is 19.8 Å². The molecular weight excluding hydrogens is 704 g/mol. The molecule has 2 saturated heterocycles. The average Bonchev–Trinajstić information content (AvgIpc) is 3.65. The molecule has 2 aromatic heterocycles. The van der Waals surface area contributed by atoms with Gasteiger partial charge < -0.3 is 19.4 Å². The number of nitrogens with one attached hydrogen (secondary N) is 1. The van der Waals surface area contributed by atoms with Crippen molar-refractivity contribution < 1.29 is 27.4 Å². The SMILES string of the molecule is CC(C)c1ccccc1C1CN(Cc2ccc(OCC(F)(F)F)cc2)CCN1C1CC2(CCN(c3ccc(C=O)c(Oc4cnc5[nH]ccc5c4)c3)CC2)C1. The molecule has 1 N–H and O–H groups in total. The molecule has 1 spiro atoms. The fourth-order valence-corrected chi connectivity index (χ4v) is 9.00. The highest BCUT2D eigenvalue weighted by molar-refractivity contribution is 5.81. The number of aromatic nitrogens is 2. The van der Waals surface area contributed by atoms with Crippen LogP contribution in [0.4, 0.5) is 18.9 Å². The quantitative estimate of drug-likeness (QED) is 0.135. The lowest BCUT2D eigenvalue weighted by atomic mass is 9.59. The van der Waals surface area contributed by atoms with Crippen molar-refractivity contribution in [1.29, 1.82) is 0 Å². The van der Waals surface area contributed by atoms with Crippen LogP contribution in [0.1, 0.15) is 78.5 Å². The number of pyridine rings is 1. The highest BCUT2D eigenvalue weighted by Gasteiger charge is 2.50. The Labute approximate surface area is 320 Å². The summed E-state index contributed by atoms with van der Waals surface area (Å²) in [6.07, 6.45) is 4.62. The summed E-state index contributed by atoms with van der Waals surface area (Å²) in [6, 6.07) is 26.4. The van der Waals surface area contributed by atoms with E-state index in [2.05, 4.69) is 62.8 Å². The fourth-order valence-electron chi connectivity index (χ4n) is 9.00.